The molecule has 13 aromatic rings. The molecule has 19 rings (SSSR count). The first kappa shape index (κ1) is 54.5. The maximum Gasteiger partial charge on any atom is 0.0257 e. The largest absolute Gasteiger partial charge is 0.0619 e. The normalized spacial score (nSPS) is 13.4. The second-order valence-corrected chi connectivity index (χ2v) is 30.1. The first-order valence-electron chi connectivity index (χ1n) is 30.8. The van der Waals surface area contributed by atoms with Crippen LogP contribution in [0.5, 0.6) is 0 Å². The van der Waals surface area contributed by atoms with Gasteiger partial charge in [0.25, 0.3) is 0 Å². The SMILES string of the molecule is Brc1ccc2c(c1-c1c(-c3c(Br)ccc4c3Cc3ccccc3-4)c(-c3c(Br)ccc4c3Cc3ccccc3-4)c(-c3c(Br)ccc4c3Cc3ccccc3-4)c(-c3c(Br)ccc4c3Cc3ccccc3-4)c1-c1c(Br)ccc3c1Cc1ccccc1-3)Cc1ccccc1-2. The maximum atomic E-state index is 4.57. The lowest BCUT2D eigenvalue weighted by Gasteiger charge is -2.34. The van der Waals surface area contributed by atoms with Crippen molar-refractivity contribution in [3.8, 4) is 134 Å². The van der Waals surface area contributed by atoms with Crippen LogP contribution in [0.25, 0.3) is 134 Å². The monoisotopic (exact) mass is 1530 g/mol. The second-order valence-electron chi connectivity index (χ2n) is 24.9. The van der Waals surface area contributed by atoms with E-state index in [-0.39, 0.29) is 0 Å². The van der Waals surface area contributed by atoms with Gasteiger partial charge in [-0.1, -0.05) is 278 Å². The first-order chi connectivity index (χ1) is 44.2. The van der Waals surface area contributed by atoms with Crippen molar-refractivity contribution >= 4 is 95.6 Å². The van der Waals surface area contributed by atoms with Gasteiger partial charge in [-0.15, -0.1) is 0 Å². The predicted molar refractivity (Wildman–Crippen MR) is 395 cm³/mol. The molecule has 0 heterocycles. The summed E-state index contributed by atoms with van der Waals surface area (Å²) in [5.74, 6) is 0. The molecule has 6 heteroatoms. The number of halogens is 6. The molecule has 13 aromatic carbocycles. The van der Waals surface area contributed by atoms with Crippen molar-refractivity contribution in [3.63, 3.8) is 0 Å². The van der Waals surface area contributed by atoms with Gasteiger partial charge < -0.3 is 0 Å². The lowest BCUT2D eigenvalue weighted by atomic mass is 9.70. The van der Waals surface area contributed by atoms with Crippen LogP contribution in [0, 0.1) is 0 Å². The van der Waals surface area contributed by atoms with Gasteiger partial charge in [-0.2, -0.15) is 0 Å². The van der Waals surface area contributed by atoms with Crippen LogP contribution < -0.4 is 0 Å². The minimum absolute atomic E-state index is 0.778. The maximum absolute atomic E-state index is 4.57. The average Bonchev–Trinajstić information content (AvgIpc) is 1.15. The molecule has 0 aliphatic heterocycles. The van der Waals surface area contributed by atoms with E-state index in [1.165, 1.54) is 200 Å². The molecule has 0 atom stereocenters. The van der Waals surface area contributed by atoms with Crippen molar-refractivity contribution < 1.29 is 0 Å². The summed E-state index contributed by atoms with van der Waals surface area (Å²) in [6.07, 6.45) is 4.67. The third kappa shape index (κ3) is 7.79. The Bertz CT molecular complexity index is 4560. The number of rotatable bonds is 6. The lowest BCUT2D eigenvalue weighted by Crippen LogP contribution is -2.09. The molecule has 426 valence electrons. The molecular formula is C84H48Br6. The minimum Gasteiger partial charge on any atom is -0.0619 e. The van der Waals surface area contributed by atoms with Gasteiger partial charge in [0.15, 0.2) is 0 Å². The van der Waals surface area contributed by atoms with Gasteiger partial charge in [0.2, 0.25) is 0 Å². The highest BCUT2D eigenvalue weighted by atomic mass is 79.9. The predicted octanol–water partition coefficient (Wildman–Crippen LogP) is 25.7. The van der Waals surface area contributed by atoms with E-state index in [4.69, 9.17) is 0 Å². The van der Waals surface area contributed by atoms with Gasteiger partial charge in [-0.25, -0.2) is 0 Å². The van der Waals surface area contributed by atoms with Crippen LogP contribution in [0.4, 0.5) is 0 Å². The molecular weight excluding hydrogens is 1490 g/mol. The van der Waals surface area contributed by atoms with Crippen molar-refractivity contribution in [2.24, 2.45) is 0 Å². The van der Waals surface area contributed by atoms with E-state index in [1.54, 1.807) is 0 Å². The van der Waals surface area contributed by atoms with Crippen molar-refractivity contribution in [2.45, 2.75) is 38.5 Å². The summed E-state index contributed by atoms with van der Waals surface area (Å²) in [7, 11) is 0. The highest BCUT2D eigenvalue weighted by Gasteiger charge is 2.42. The van der Waals surface area contributed by atoms with E-state index in [0.29, 0.717) is 0 Å². The molecule has 0 saturated carbocycles. The summed E-state index contributed by atoms with van der Waals surface area (Å²) in [5, 5.41) is 0. The van der Waals surface area contributed by atoms with Gasteiger partial charge >= 0.3 is 0 Å². The zero-order valence-corrected chi connectivity index (χ0v) is 57.8. The molecule has 6 aliphatic rings. The third-order valence-corrected chi connectivity index (χ3v) is 24.6. The summed E-state index contributed by atoms with van der Waals surface area (Å²) in [6.45, 7) is 0. The average molecular weight is 1540 g/mol. The fourth-order valence-electron chi connectivity index (χ4n) is 17.0. The van der Waals surface area contributed by atoms with E-state index >= 15 is 0 Å². The number of fused-ring (bicyclic) bond motifs is 18. The zero-order chi connectivity index (χ0) is 59.9. The molecule has 0 N–H and O–H groups in total. The number of hydrogen-bond acceptors (Lipinski definition) is 0. The van der Waals surface area contributed by atoms with Gasteiger partial charge in [-0.05, 0) is 208 Å². The molecule has 0 amide bonds. The van der Waals surface area contributed by atoms with E-state index < -0.39 is 0 Å². The molecule has 0 saturated heterocycles. The van der Waals surface area contributed by atoms with Crippen molar-refractivity contribution in [2.75, 3.05) is 0 Å². The van der Waals surface area contributed by atoms with Gasteiger partial charge in [-0.3, -0.25) is 0 Å². The Labute approximate surface area is 573 Å². The summed E-state index contributed by atoms with van der Waals surface area (Å²) < 4.78 is 6.37. The van der Waals surface area contributed by atoms with Crippen LogP contribution in [0.2, 0.25) is 0 Å². The molecule has 6 aliphatic carbocycles. The lowest BCUT2D eigenvalue weighted by molar-refractivity contribution is 1.23. The fraction of sp³-hybridized carbons (Fsp3) is 0.0714. The van der Waals surface area contributed by atoms with E-state index in [2.05, 4.69) is 314 Å². The molecule has 0 nitrogen and oxygen atoms in total. The summed E-state index contributed by atoms with van der Waals surface area (Å²) >= 11 is 27.4. The summed E-state index contributed by atoms with van der Waals surface area (Å²) in [6, 6.07) is 83.1. The van der Waals surface area contributed by atoms with Crippen molar-refractivity contribution in [1.29, 1.82) is 0 Å². The van der Waals surface area contributed by atoms with Crippen LogP contribution in [-0.4, -0.2) is 0 Å². The highest BCUT2D eigenvalue weighted by molar-refractivity contribution is 9.11. The van der Waals surface area contributed by atoms with Crippen LogP contribution in [0.3, 0.4) is 0 Å². The Kier molecular flexibility index (Phi) is 12.5. The smallest absolute Gasteiger partial charge is 0.0257 e. The Balaban J connectivity index is 1.14. The van der Waals surface area contributed by atoms with Gasteiger partial charge in [0.05, 0.1) is 0 Å². The number of hydrogen-bond donors (Lipinski definition) is 0. The third-order valence-electron chi connectivity index (χ3n) is 20.6. The Morgan fingerprint density at radius 3 is 0.444 bits per heavy atom. The molecule has 0 fully saturated rings. The highest BCUT2D eigenvalue weighted by Crippen LogP contribution is 2.67. The Hall–Kier alpha value is -7.26. The molecule has 0 spiro atoms. The molecule has 0 bridgehead atoms. The van der Waals surface area contributed by atoms with Gasteiger partial charge in [0, 0.05) is 93.6 Å². The quantitative estimate of drug-likeness (QED) is 0.156. The van der Waals surface area contributed by atoms with Crippen molar-refractivity contribution in [1.82, 2.24) is 0 Å². The summed E-state index contributed by atoms with van der Waals surface area (Å²) in [4.78, 5) is 0. The summed E-state index contributed by atoms with van der Waals surface area (Å²) in [5.41, 5.74) is 45.9. The molecule has 90 heavy (non-hydrogen) atoms. The topological polar surface area (TPSA) is 0 Å². The Morgan fingerprint density at radius 1 is 0.144 bits per heavy atom. The van der Waals surface area contributed by atoms with Crippen LogP contribution >= 0.6 is 95.6 Å². The van der Waals surface area contributed by atoms with Crippen molar-refractivity contribution in [3.05, 3.63) is 312 Å². The minimum atomic E-state index is 0.778. The van der Waals surface area contributed by atoms with E-state index in [9.17, 15) is 0 Å². The molecule has 0 unspecified atom stereocenters. The van der Waals surface area contributed by atoms with Crippen LogP contribution in [0.15, 0.2) is 245 Å². The van der Waals surface area contributed by atoms with Crippen LogP contribution in [-0.2, 0) is 38.5 Å². The second kappa shape index (κ2) is 20.6. The van der Waals surface area contributed by atoms with Gasteiger partial charge in [0.1, 0.15) is 0 Å². The number of benzene rings is 13. The Morgan fingerprint density at radius 2 is 0.289 bits per heavy atom. The van der Waals surface area contributed by atoms with E-state index in [0.717, 1.165) is 65.4 Å². The first-order valence-corrected chi connectivity index (χ1v) is 35.6. The fourth-order valence-corrected chi connectivity index (χ4v) is 20.4. The molecule has 0 radical (unpaired) electrons. The standard InChI is InChI=1S/C84H48Br6/c85-67-31-25-55-49-19-7-1-13-43(49)37-61(55)73(67)79-80(74-62-38-44-14-2-8-20-50(44)56(62)26-32-68(74)86)82(76-64-40-46-16-4-10-22-52(46)58(64)28-34-70(76)88)84(78-66-42-48-18-6-12-24-54(48)60(66)30-36-72(78)90)83(77-65-41-47-17-5-11-23-53(47)59(65)29-35-71(77)89)81(79)75-63-39-45-15-3-9-21-51(45)57(63)27-33-69(75)87/h1-36H,37-42H2. The van der Waals surface area contributed by atoms with Crippen LogP contribution in [0.1, 0.15) is 66.8 Å². The van der Waals surface area contributed by atoms with E-state index in [1.807, 2.05) is 0 Å². The molecule has 0 aromatic heterocycles. The zero-order valence-electron chi connectivity index (χ0n) is 48.3.